The van der Waals surface area contributed by atoms with E-state index in [0.717, 1.165) is 6.04 Å². The van der Waals surface area contributed by atoms with Crippen molar-refractivity contribution < 1.29 is 0 Å². The molecule has 1 N–H and O–H groups in total. The summed E-state index contributed by atoms with van der Waals surface area (Å²) >= 11 is 0. The number of hydrogen-bond donors (Lipinski definition) is 1. The van der Waals surface area contributed by atoms with Crippen LogP contribution in [0.2, 0.25) is 0 Å². The molecule has 0 bridgehead atoms. The van der Waals surface area contributed by atoms with E-state index in [1.807, 2.05) is 0 Å². The van der Waals surface area contributed by atoms with Gasteiger partial charge in [0.15, 0.2) is 0 Å². The van der Waals surface area contributed by atoms with E-state index < -0.39 is 0 Å². The molecule has 1 aliphatic heterocycles. The van der Waals surface area contributed by atoms with E-state index in [4.69, 9.17) is 0 Å². The maximum absolute atomic E-state index is 3.70. The van der Waals surface area contributed by atoms with Crippen LogP contribution < -0.4 is 5.32 Å². The van der Waals surface area contributed by atoms with Crippen LogP contribution in [0.3, 0.4) is 0 Å². The molecule has 2 atom stereocenters. The minimum absolute atomic E-state index is 0.470. The predicted octanol–water partition coefficient (Wildman–Crippen LogP) is 4.06. The average molecular weight is 268 g/mol. The highest BCUT2D eigenvalue weighted by atomic mass is 15.2. The fourth-order valence-electron chi connectivity index (χ4n) is 3.28. The zero-order chi connectivity index (χ0) is 14.3. The smallest absolute Gasteiger partial charge is 0.0219 e. The van der Waals surface area contributed by atoms with Crippen LogP contribution in [0.5, 0.6) is 0 Å². The summed E-state index contributed by atoms with van der Waals surface area (Å²) in [6.45, 7) is 15.5. The van der Waals surface area contributed by atoms with Gasteiger partial charge >= 0.3 is 0 Å². The third-order valence-corrected chi connectivity index (χ3v) is 4.67. The standard InChI is InChI=1S/C17H36N2/c1-6-9-10-11-17(4,5)14-19-13-15(7-2)18-12-16(19)8-3/h15-16,18H,6-14H2,1-5H3. The summed E-state index contributed by atoms with van der Waals surface area (Å²) in [7, 11) is 0. The Morgan fingerprint density at radius 1 is 1.11 bits per heavy atom. The van der Waals surface area contributed by atoms with E-state index in [9.17, 15) is 0 Å². The molecule has 0 aromatic heterocycles. The van der Waals surface area contributed by atoms with E-state index >= 15 is 0 Å². The molecule has 1 fully saturated rings. The van der Waals surface area contributed by atoms with Crippen LogP contribution in [0.1, 0.15) is 73.1 Å². The second-order valence-corrected chi connectivity index (χ2v) is 7.13. The van der Waals surface area contributed by atoms with Crippen molar-refractivity contribution in [2.75, 3.05) is 19.6 Å². The van der Waals surface area contributed by atoms with Crippen molar-refractivity contribution in [1.82, 2.24) is 10.2 Å². The van der Waals surface area contributed by atoms with Crippen LogP contribution >= 0.6 is 0 Å². The summed E-state index contributed by atoms with van der Waals surface area (Å²) in [5.41, 5.74) is 0.470. The van der Waals surface area contributed by atoms with Crippen molar-refractivity contribution in [3.8, 4) is 0 Å². The van der Waals surface area contributed by atoms with Crippen molar-refractivity contribution in [2.24, 2.45) is 5.41 Å². The molecule has 2 nitrogen and oxygen atoms in total. The SMILES string of the molecule is CCCCCC(C)(C)CN1CC(CC)NCC1CC. The Bertz CT molecular complexity index is 237. The summed E-state index contributed by atoms with van der Waals surface area (Å²) in [6.07, 6.45) is 8.01. The van der Waals surface area contributed by atoms with Crippen molar-refractivity contribution >= 4 is 0 Å². The molecule has 0 aliphatic carbocycles. The first kappa shape index (κ1) is 17.0. The first-order valence-corrected chi connectivity index (χ1v) is 8.49. The second-order valence-electron chi connectivity index (χ2n) is 7.13. The third kappa shape index (κ3) is 5.83. The summed E-state index contributed by atoms with van der Waals surface area (Å²) < 4.78 is 0. The van der Waals surface area contributed by atoms with E-state index in [1.54, 1.807) is 0 Å². The molecule has 0 radical (unpaired) electrons. The quantitative estimate of drug-likeness (QED) is 0.668. The highest BCUT2D eigenvalue weighted by Crippen LogP contribution is 2.27. The van der Waals surface area contributed by atoms with E-state index in [2.05, 4.69) is 44.8 Å². The average Bonchev–Trinajstić information content (AvgIpc) is 2.38. The number of nitrogens with one attached hydrogen (secondary N) is 1. The molecule has 19 heavy (non-hydrogen) atoms. The Balaban J connectivity index is 2.49. The minimum atomic E-state index is 0.470. The van der Waals surface area contributed by atoms with E-state index in [1.165, 1.54) is 58.2 Å². The number of hydrogen-bond acceptors (Lipinski definition) is 2. The second kappa shape index (κ2) is 8.26. The fourth-order valence-corrected chi connectivity index (χ4v) is 3.28. The van der Waals surface area contributed by atoms with Crippen LogP contribution in [0.4, 0.5) is 0 Å². The molecule has 0 aromatic rings. The van der Waals surface area contributed by atoms with Gasteiger partial charge in [0.2, 0.25) is 0 Å². The van der Waals surface area contributed by atoms with Gasteiger partial charge in [-0.05, 0) is 24.7 Å². The monoisotopic (exact) mass is 268 g/mol. The van der Waals surface area contributed by atoms with Crippen LogP contribution in [0, 0.1) is 5.41 Å². The maximum atomic E-state index is 3.70. The molecule has 1 saturated heterocycles. The number of piperazine rings is 1. The number of rotatable bonds is 8. The summed E-state index contributed by atoms with van der Waals surface area (Å²) in [6, 6.07) is 1.45. The van der Waals surface area contributed by atoms with Gasteiger partial charge in [0.25, 0.3) is 0 Å². The van der Waals surface area contributed by atoms with Crippen LogP contribution in [-0.4, -0.2) is 36.6 Å². The lowest BCUT2D eigenvalue weighted by Gasteiger charge is -2.43. The molecule has 0 amide bonds. The van der Waals surface area contributed by atoms with Crippen LogP contribution in [0.15, 0.2) is 0 Å². The largest absolute Gasteiger partial charge is 0.311 e. The fraction of sp³-hybridized carbons (Fsp3) is 1.00. The lowest BCUT2D eigenvalue weighted by Crippen LogP contribution is -2.57. The molecule has 1 aliphatic rings. The topological polar surface area (TPSA) is 15.3 Å². The highest BCUT2D eigenvalue weighted by Gasteiger charge is 2.30. The van der Waals surface area contributed by atoms with Crippen molar-refractivity contribution in [3.63, 3.8) is 0 Å². The van der Waals surface area contributed by atoms with Gasteiger partial charge in [-0.15, -0.1) is 0 Å². The lowest BCUT2D eigenvalue weighted by atomic mass is 9.85. The van der Waals surface area contributed by atoms with E-state index in [0.29, 0.717) is 11.5 Å². The van der Waals surface area contributed by atoms with Crippen molar-refractivity contribution in [1.29, 1.82) is 0 Å². The Morgan fingerprint density at radius 3 is 2.42 bits per heavy atom. The van der Waals surface area contributed by atoms with Gasteiger partial charge in [-0.1, -0.05) is 53.9 Å². The molecule has 0 spiro atoms. The number of unbranched alkanes of at least 4 members (excludes halogenated alkanes) is 2. The Kier molecular flexibility index (Phi) is 7.38. The Morgan fingerprint density at radius 2 is 1.84 bits per heavy atom. The first-order valence-electron chi connectivity index (χ1n) is 8.49. The molecule has 0 aromatic carbocycles. The van der Waals surface area contributed by atoms with E-state index in [-0.39, 0.29) is 0 Å². The summed E-state index contributed by atoms with van der Waals surface area (Å²) in [5.74, 6) is 0. The van der Waals surface area contributed by atoms with Crippen molar-refractivity contribution in [2.45, 2.75) is 85.2 Å². The minimum Gasteiger partial charge on any atom is -0.311 e. The molecule has 1 heterocycles. The van der Waals surface area contributed by atoms with Crippen molar-refractivity contribution in [3.05, 3.63) is 0 Å². The van der Waals surface area contributed by atoms with Gasteiger partial charge in [0, 0.05) is 31.7 Å². The molecule has 1 rings (SSSR count). The molecular formula is C17H36N2. The van der Waals surface area contributed by atoms with Crippen LogP contribution in [0.25, 0.3) is 0 Å². The number of nitrogens with zero attached hydrogens (tertiary/aromatic N) is 1. The summed E-state index contributed by atoms with van der Waals surface area (Å²) in [5, 5.41) is 3.70. The molecular weight excluding hydrogens is 232 g/mol. The van der Waals surface area contributed by atoms with Gasteiger partial charge in [-0.3, -0.25) is 4.90 Å². The molecule has 0 saturated carbocycles. The van der Waals surface area contributed by atoms with Crippen LogP contribution in [-0.2, 0) is 0 Å². The van der Waals surface area contributed by atoms with Gasteiger partial charge < -0.3 is 5.32 Å². The third-order valence-electron chi connectivity index (χ3n) is 4.67. The Labute approximate surface area is 121 Å². The summed E-state index contributed by atoms with van der Waals surface area (Å²) in [4.78, 5) is 2.76. The molecule has 114 valence electrons. The molecule has 2 heteroatoms. The zero-order valence-corrected chi connectivity index (χ0v) is 14.0. The lowest BCUT2D eigenvalue weighted by molar-refractivity contribution is 0.0761. The van der Waals surface area contributed by atoms with Gasteiger partial charge in [-0.2, -0.15) is 0 Å². The van der Waals surface area contributed by atoms with Gasteiger partial charge in [0.05, 0.1) is 0 Å². The molecule has 2 unspecified atom stereocenters. The normalized spacial score (nSPS) is 25.7. The Hall–Kier alpha value is -0.0800. The predicted molar refractivity (Wildman–Crippen MR) is 85.7 cm³/mol. The first-order chi connectivity index (χ1) is 9.02. The zero-order valence-electron chi connectivity index (χ0n) is 14.0. The maximum Gasteiger partial charge on any atom is 0.0219 e. The van der Waals surface area contributed by atoms with Gasteiger partial charge in [-0.25, -0.2) is 0 Å². The highest BCUT2D eigenvalue weighted by molar-refractivity contribution is 4.87. The van der Waals surface area contributed by atoms with Gasteiger partial charge in [0.1, 0.15) is 0 Å².